The lowest BCUT2D eigenvalue weighted by molar-refractivity contribution is -0.153. The predicted octanol–water partition coefficient (Wildman–Crippen LogP) is 2.31. The van der Waals surface area contributed by atoms with Crippen molar-refractivity contribution in [3.63, 3.8) is 0 Å². The fourth-order valence-corrected chi connectivity index (χ4v) is 2.46. The Kier molecular flexibility index (Phi) is 6.62. The van der Waals surface area contributed by atoms with E-state index < -0.39 is 24.8 Å². The highest BCUT2D eigenvalue weighted by atomic mass is 19.4. The molecule has 6 nitrogen and oxygen atoms in total. The first-order chi connectivity index (χ1) is 12.2. The van der Waals surface area contributed by atoms with Crippen LogP contribution in [-0.2, 0) is 13.0 Å². The van der Waals surface area contributed by atoms with Gasteiger partial charge in [0.25, 0.3) is 5.91 Å². The van der Waals surface area contributed by atoms with Crippen LogP contribution in [0.2, 0.25) is 0 Å². The Morgan fingerprint density at radius 3 is 2.73 bits per heavy atom. The second-order valence-corrected chi connectivity index (χ2v) is 5.88. The molecule has 3 N–H and O–H groups in total. The average Bonchev–Trinajstić information content (AvgIpc) is 3.02. The molecular formula is C17H20F3N3O3. The maximum atomic E-state index is 12.3. The summed E-state index contributed by atoms with van der Waals surface area (Å²) in [5.41, 5.74) is 5.88. The predicted molar refractivity (Wildman–Crippen MR) is 87.7 cm³/mol. The molecule has 0 aliphatic carbocycles. The zero-order valence-corrected chi connectivity index (χ0v) is 13.9. The fourth-order valence-electron chi connectivity index (χ4n) is 2.46. The van der Waals surface area contributed by atoms with Crippen molar-refractivity contribution in [3.05, 3.63) is 48.0 Å². The van der Waals surface area contributed by atoms with Crippen molar-refractivity contribution in [2.75, 3.05) is 6.61 Å². The van der Waals surface area contributed by atoms with Crippen LogP contribution in [0.5, 0.6) is 5.75 Å². The number of carbonyl (C=O) groups excluding carboxylic acids is 1. The summed E-state index contributed by atoms with van der Waals surface area (Å²) in [6.07, 6.45) is -0.759. The third-order valence-electron chi connectivity index (χ3n) is 3.65. The lowest BCUT2D eigenvalue weighted by atomic mass is 10.0. The van der Waals surface area contributed by atoms with Crippen LogP contribution in [0.1, 0.15) is 28.9 Å². The molecule has 0 aliphatic rings. The molecule has 0 saturated carbocycles. The van der Waals surface area contributed by atoms with E-state index in [2.05, 4.69) is 4.98 Å². The van der Waals surface area contributed by atoms with Gasteiger partial charge < -0.3 is 20.1 Å². The van der Waals surface area contributed by atoms with Crippen molar-refractivity contribution in [1.82, 2.24) is 9.55 Å². The van der Waals surface area contributed by atoms with E-state index in [9.17, 15) is 23.1 Å². The quantitative estimate of drug-likeness (QED) is 0.708. The van der Waals surface area contributed by atoms with Gasteiger partial charge in [0.05, 0.1) is 12.4 Å². The lowest BCUT2D eigenvalue weighted by Crippen LogP contribution is -2.19. The summed E-state index contributed by atoms with van der Waals surface area (Å²) in [6, 6.07) is 6.53. The van der Waals surface area contributed by atoms with E-state index in [1.807, 2.05) is 0 Å². The minimum absolute atomic E-state index is 0.118. The highest BCUT2D eigenvalue weighted by Crippen LogP contribution is 2.23. The third-order valence-corrected chi connectivity index (χ3v) is 3.65. The lowest BCUT2D eigenvalue weighted by Gasteiger charge is -2.14. The van der Waals surface area contributed by atoms with Gasteiger partial charge in [0.1, 0.15) is 11.4 Å². The molecule has 0 unspecified atom stereocenters. The molecule has 26 heavy (non-hydrogen) atoms. The molecule has 1 aromatic heterocycles. The van der Waals surface area contributed by atoms with Crippen LogP contribution in [0.3, 0.4) is 0 Å². The number of aliphatic hydroxyl groups is 1. The van der Waals surface area contributed by atoms with Gasteiger partial charge in [-0.2, -0.15) is 13.2 Å². The molecule has 1 atom stereocenters. The maximum Gasteiger partial charge on any atom is 0.422 e. The number of amides is 1. The second kappa shape index (κ2) is 8.70. The highest BCUT2D eigenvalue weighted by Gasteiger charge is 2.28. The van der Waals surface area contributed by atoms with Crippen LogP contribution < -0.4 is 10.5 Å². The number of nitrogens with two attached hydrogens (primary N) is 1. The number of carbonyl (C=O) groups is 1. The first kappa shape index (κ1) is 19.8. The molecule has 9 heteroatoms. The van der Waals surface area contributed by atoms with Gasteiger partial charge in [0.15, 0.2) is 6.61 Å². The van der Waals surface area contributed by atoms with Crippen molar-refractivity contribution in [3.8, 4) is 5.75 Å². The number of alkyl halides is 3. The molecule has 0 spiro atoms. The van der Waals surface area contributed by atoms with Crippen molar-refractivity contribution in [2.24, 2.45) is 5.73 Å². The SMILES string of the molecule is NC(=O)c1cn(C[C@@H](O)CCCc2ccccc2OCC(F)(F)F)cn1. The van der Waals surface area contributed by atoms with E-state index in [4.69, 9.17) is 10.5 Å². The van der Waals surface area contributed by atoms with Gasteiger partial charge in [-0.25, -0.2) is 4.98 Å². The topological polar surface area (TPSA) is 90.4 Å². The molecule has 0 aliphatic heterocycles. The van der Waals surface area contributed by atoms with E-state index in [0.717, 1.165) is 0 Å². The zero-order chi connectivity index (χ0) is 19.2. The Balaban J connectivity index is 1.82. The summed E-state index contributed by atoms with van der Waals surface area (Å²) < 4.78 is 43.3. The summed E-state index contributed by atoms with van der Waals surface area (Å²) in [4.78, 5) is 14.8. The van der Waals surface area contributed by atoms with Crippen LogP contribution in [0, 0.1) is 0 Å². The first-order valence-corrected chi connectivity index (χ1v) is 8.01. The largest absolute Gasteiger partial charge is 0.484 e. The van der Waals surface area contributed by atoms with Crippen LogP contribution in [0.4, 0.5) is 13.2 Å². The minimum atomic E-state index is -4.39. The van der Waals surface area contributed by atoms with Gasteiger partial charge in [-0.3, -0.25) is 4.79 Å². The van der Waals surface area contributed by atoms with E-state index >= 15 is 0 Å². The Bertz CT molecular complexity index is 731. The average molecular weight is 371 g/mol. The highest BCUT2D eigenvalue weighted by molar-refractivity contribution is 5.90. The van der Waals surface area contributed by atoms with E-state index in [0.29, 0.717) is 24.8 Å². The number of nitrogens with zero attached hydrogens (tertiary/aromatic N) is 2. The van der Waals surface area contributed by atoms with Crippen LogP contribution >= 0.6 is 0 Å². The monoisotopic (exact) mass is 371 g/mol. The normalized spacial score (nSPS) is 12.8. The summed E-state index contributed by atoms with van der Waals surface area (Å²) >= 11 is 0. The fraction of sp³-hybridized carbons (Fsp3) is 0.412. The van der Waals surface area contributed by atoms with Gasteiger partial charge in [-0.1, -0.05) is 18.2 Å². The van der Waals surface area contributed by atoms with Crippen molar-refractivity contribution >= 4 is 5.91 Å². The van der Waals surface area contributed by atoms with Gasteiger partial charge >= 0.3 is 6.18 Å². The number of hydrogen-bond donors (Lipinski definition) is 2. The van der Waals surface area contributed by atoms with E-state index in [1.165, 1.54) is 18.6 Å². The minimum Gasteiger partial charge on any atom is -0.484 e. The number of halogens is 3. The molecule has 142 valence electrons. The molecule has 1 aromatic carbocycles. The number of aromatic nitrogens is 2. The molecule has 0 bridgehead atoms. The van der Waals surface area contributed by atoms with Crippen molar-refractivity contribution < 1.29 is 27.8 Å². The number of aryl methyl sites for hydroxylation is 1. The van der Waals surface area contributed by atoms with E-state index in [1.54, 1.807) is 22.8 Å². The number of primary amides is 1. The zero-order valence-electron chi connectivity index (χ0n) is 13.9. The Morgan fingerprint density at radius 2 is 2.08 bits per heavy atom. The molecule has 0 fully saturated rings. The van der Waals surface area contributed by atoms with E-state index in [-0.39, 0.29) is 18.0 Å². The Labute approximate surface area is 148 Å². The third kappa shape index (κ3) is 6.40. The molecular weight excluding hydrogens is 351 g/mol. The number of aliphatic hydroxyl groups excluding tert-OH is 1. The number of benzene rings is 1. The number of hydrogen-bond acceptors (Lipinski definition) is 4. The summed E-state index contributed by atoms with van der Waals surface area (Å²) in [6.45, 7) is -1.10. The van der Waals surface area contributed by atoms with Gasteiger partial charge in [-0.05, 0) is 30.9 Å². The summed E-state index contributed by atoms with van der Waals surface area (Å²) in [5, 5.41) is 10.1. The van der Waals surface area contributed by atoms with Crippen LogP contribution in [0.25, 0.3) is 0 Å². The Morgan fingerprint density at radius 1 is 1.35 bits per heavy atom. The van der Waals surface area contributed by atoms with Gasteiger partial charge in [0.2, 0.25) is 0 Å². The first-order valence-electron chi connectivity index (χ1n) is 8.01. The standard InChI is InChI=1S/C17H20F3N3O3/c18-17(19,20)10-26-15-7-2-1-4-12(15)5-3-6-13(24)8-23-9-14(16(21)25)22-11-23/h1-2,4,7,9,11,13,24H,3,5-6,8,10H2,(H2,21,25)/t13-/m0/s1. The van der Waals surface area contributed by atoms with Gasteiger partial charge in [-0.15, -0.1) is 0 Å². The van der Waals surface area contributed by atoms with Crippen LogP contribution in [0.15, 0.2) is 36.8 Å². The number of rotatable bonds is 9. The Hall–Kier alpha value is -2.55. The molecule has 2 rings (SSSR count). The number of para-hydroxylation sites is 1. The molecule has 2 aromatic rings. The second-order valence-electron chi connectivity index (χ2n) is 5.88. The van der Waals surface area contributed by atoms with Crippen molar-refractivity contribution in [2.45, 2.75) is 38.1 Å². The number of ether oxygens (including phenoxy) is 1. The molecule has 0 saturated heterocycles. The summed E-state index contributed by atoms with van der Waals surface area (Å²) in [7, 11) is 0. The summed E-state index contributed by atoms with van der Waals surface area (Å²) in [5.74, 6) is -0.450. The molecule has 1 amide bonds. The van der Waals surface area contributed by atoms with Gasteiger partial charge in [0, 0.05) is 12.7 Å². The number of imidazole rings is 1. The molecule has 1 heterocycles. The van der Waals surface area contributed by atoms with Crippen LogP contribution in [-0.4, -0.2) is 39.5 Å². The smallest absolute Gasteiger partial charge is 0.422 e. The maximum absolute atomic E-state index is 12.3. The van der Waals surface area contributed by atoms with Crippen molar-refractivity contribution in [1.29, 1.82) is 0 Å². The molecule has 0 radical (unpaired) electrons.